The van der Waals surface area contributed by atoms with Crippen LogP contribution in [0.25, 0.3) is 22.4 Å². The molecule has 0 fully saturated rings. The van der Waals surface area contributed by atoms with Crippen molar-refractivity contribution >= 4 is 17.6 Å². The summed E-state index contributed by atoms with van der Waals surface area (Å²) < 4.78 is 57.1. The van der Waals surface area contributed by atoms with Gasteiger partial charge in [0.05, 0.1) is 16.8 Å². The molecule has 2 aromatic carbocycles. The van der Waals surface area contributed by atoms with E-state index in [1.807, 2.05) is 0 Å². The lowest BCUT2D eigenvalue weighted by molar-refractivity contribution is -0.137. The van der Waals surface area contributed by atoms with Crippen LogP contribution < -0.4 is 10.6 Å². The van der Waals surface area contributed by atoms with E-state index in [1.165, 1.54) is 30.2 Å². The number of rotatable bonds is 7. The maximum atomic E-state index is 14.9. The van der Waals surface area contributed by atoms with Crippen LogP contribution in [0, 0.1) is 5.82 Å². The summed E-state index contributed by atoms with van der Waals surface area (Å²) in [6.45, 7) is -0.645. The summed E-state index contributed by atoms with van der Waals surface area (Å²) in [5.74, 6) is -2.94. The third-order valence-corrected chi connectivity index (χ3v) is 5.54. The molecule has 0 atom stereocenters. The molecule has 12 heteroatoms. The van der Waals surface area contributed by atoms with Gasteiger partial charge in [0.2, 0.25) is 5.91 Å². The first-order valence-corrected chi connectivity index (χ1v) is 11.2. The summed E-state index contributed by atoms with van der Waals surface area (Å²) in [7, 11) is 1.52. The molecule has 2 amide bonds. The molecule has 4 aromatic rings. The Bertz CT molecular complexity index is 1490. The Morgan fingerprint density at radius 3 is 2.42 bits per heavy atom. The second-order valence-corrected chi connectivity index (χ2v) is 8.24. The number of aryl methyl sites for hydroxylation is 1. The first-order valence-electron chi connectivity index (χ1n) is 11.2. The molecule has 4 rings (SSSR count). The monoisotopic (exact) mass is 527 g/mol. The van der Waals surface area contributed by atoms with Gasteiger partial charge < -0.3 is 15.7 Å². The number of carbonyl (C=O) groups is 2. The number of benzene rings is 2. The molecule has 2 aromatic heterocycles. The minimum atomic E-state index is -4.88. The second-order valence-electron chi connectivity index (χ2n) is 8.24. The van der Waals surface area contributed by atoms with Crippen LogP contribution in [0.5, 0.6) is 0 Å². The number of aromatic nitrogens is 3. The quantitative estimate of drug-likeness (QED) is 0.313. The van der Waals surface area contributed by atoms with Crippen LogP contribution in [0.4, 0.5) is 23.4 Å². The molecule has 0 spiro atoms. The highest BCUT2D eigenvalue weighted by Crippen LogP contribution is 2.38. The van der Waals surface area contributed by atoms with Crippen molar-refractivity contribution in [1.82, 2.24) is 20.1 Å². The summed E-state index contributed by atoms with van der Waals surface area (Å²) in [5.41, 5.74) is -0.815. The van der Waals surface area contributed by atoms with Gasteiger partial charge in [0.15, 0.2) is 0 Å². The van der Waals surface area contributed by atoms with E-state index < -0.39 is 47.1 Å². The number of nitrogens with one attached hydrogen (secondary N) is 2. The van der Waals surface area contributed by atoms with E-state index in [-0.39, 0.29) is 24.1 Å². The number of aliphatic hydroxyl groups is 1. The number of hydrogen-bond acceptors (Lipinski definition) is 5. The minimum Gasteiger partial charge on any atom is -0.387 e. The van der Waals surface area contributed by atoms with Crippen LogP contribution in [0.2, 0.25) is 0 Å². The number of alkyl halides is 3. The number of nitrogens with zero attached hydrogens (tertiary/aromatic N) is 3. The van der Waals surface area contributed by atoms with Crippen LogP contribution >= 0.6 is 0 Å². The van der Waals surface area contributed by atoms with Crippen molar-refractivity contribution < 1.29 is 32.3 Å². The van der Waals surface area contributed by atoms with Gasteiger partial charge in [-0.25, -0.2) is 9.37 Å². The molecular formula is C26H21F4N5O3. The van der Waals surface area contributed by atoms with Gasteiger partial charge in [0, 0.05) is 37.1 Å². The predicted octanol–water partition coefficient (Wildman–Crippen LogP) is 4.17. The van der Waals surface area contributed by atoms with Crippen molar-refractivity contribution in [1.29, 1.82) is 0 Å². The Labute approximate surface area is 213 Å². The first-order chi connectivity index (χ1) is 18.1. The highest BCUT2D eigenvalue weighted by atomic mass is 19.4. The zero-order chi connectivity index (χ0) is 27.4. The molecule has 2 heterocycles. The molecule has 0 saturated heterocycles. The lowest BCUT2D eigenvalue weighted by Crippen LogP contribution is -2.25. The smallest absolute Gasteiger partial charge is 0.387 e. The molecule has 8 nitrogen and oxygen atoms in total. The van der Waals surface area contributed by atoms with Gasteiger partial charge in [-0.05, 0) is 35.4 Å². The van der Waals surface area contributed by atoms with Gasteiger partial charge in [0.1, 0.15) is 18.2 Å². The molecule has 0 aliphatic rings. The highest BCUT2D eigenvalue weighted by molar-refractivity contribution is 6.06. The fourth-order valence-corrected chi connectivity index (χ4v) is 3.73. The number of amides is 2. The molecule has 196 valence electrons. The van der Waals surface area contributed by atoms with Crippen molar-refractivity contribution in [2.45, 2.75) is 12.7 Å². The Morgan fingerprint density at radius 2 is 1.79 bits per heavy atom. The van der Waals surface area contributed by atoms with Gasteiger partial charge >= 0.3 is 6.18 Å². The summed E-state index contributed by atoms with van der Waals surface area (Å²) in [6.07, 6.45) is -2.09. The average molecular weight is 527 g/mol. The van der Waals surface area contributed by atoms with E-state index in [1.54, 1.807) is 36.4 Å². The third kappa shape index (κ3) is 5.86. The summed E-state index contributed by atoms with van der Waals surface area (Å²) in [6, 6.07) is 12.8. The summed E-state index contributed by atoms with van der Waals surface area (Å²) in [5, 5.41) is 17.9. The van der Waals surface area contributed by atoms with E-state index in [0.717, 1.165) is 6.07 Å². The number of aliphatic hydroxyl groups excluding tert-OH is 1. The molecule has 0 radical (unpaired) electrons. The Morgan fingerprint density at radius 1 is 1.05 bits per heavy atom. The molecule has 0 aliphatic heterocycles. The van der Waals surface area contributed by atoms with Gasteiger partial charge in [-0.2, -0.15) is 18.3 Å². The molecule has 0 bridgehead atoms. The Balaban J connectivity index is 1.73. The van der Waals surface area contributed by atoms with Crippen molar-refractivity contribution in [3.8, 4) is 22.4 Å². The van der Waals surface area contributed by atoms with E-state index in [4.69, 9.17) is 5.11 Å². The van der Waals surface area contributed by atoms with Gasteiger partial charge in [-0.3, -0.25) is 14.3 Å². The van der Waals surface area contributed by atoms with Crippen molar-refractivity contribution in [3.05, 3.63) is 89.5 Å². The summed E-state index contributed by atoms with van der Waals surface area (Å²) in [4.78, 5) is 28.8. The largest absolute Gasteiger partial charge is 0.417 e. The van der Waals surface area contributed by atoms with Crippen LogP contribution in [0.1, 0.15) is 21.5 Å². The molecule has 0 saturated carbocycles. The Hall–Kier alpha value is -4.58. The van der Waals surface area contributed by atoms with Crippen molar-refractivity contribution in [2.24, 2.45) is 7.05 Å². The van der Waals surface area contributed by atoms with Crippen LogP contribution in [0.3, 0.4) is 0 Å². The van der Waals surface area contributed by atoms with E-state index in [9.17, 15) is 27.2 Å². The predicted molar refractivity (Wildman–Crippen MR) is 130 cm³/mol. The fraction of sp³-hybridized carbons (Fsp3) is 0.154. The maximum Gasteiger partial charge on any atom is 0.417 e. The zero-order valence-corrected chi connectivity index (χ0v) is 19.9. The highest BCUT2D eigenvalue weighted by Gasteiger charge is 2.36. The van der Waals surface area contributed by atoms with Gasteiger partial charge in [-0.15, -0.1) is 0 Å². The topological polar surface area (TPSA) is 109 Å². The normalized spacial score (nSPS) is 11.3. The molecule has 3 N–H and O–H groups in total. The van der Waals surface area contributed by atoms with Crippen molar-refractivity contribution in [2.75, 3.05) is 11.9 Å². The molecule has 38 heavy (non-hydrogen) atoms. The number of pyridine rings is 1. The SMILES string of the molecule is Cn1ccc(-c2cc(C(=O)Nc3ncc(CNC(=O)CO)cc3-c3ccccc3)c(F)cc2C(F)(F)F)n1. The number of hydrogen-bond donors (Lipinski definition) is 3. The molecule has 0 aliphatic carbocycles. The second kappa shape index (κ2) is 10.8. The van der Waals surface area contributed by atoms with E-state index >= 15 is 0 Å². The van der Waals surface area contributed by atoms with Gasteiger partial charge in [0.25, 0.3) is 5.91 Å². The maximum absolute atomic E-state index is 14.9. The number of carbonyl (C=O) groups excluding carboxylic acids is 2. The lowest BCUT2D eigenvalue weighted by atomic mass is 9.99. The van der Waals surface area contributed by atoms with E-state index in [2.05, 4.69) is 20.7 Å². The minimum absolute atomic E-state index is 0.0251. The fourth-order valence-electron chi connectivity index (χ4n) is 3.73. The standard InChI is InChI=1S/C26H21F4N5O3/c1-35-8-7-22(34-35)18-10-19(21(27)11-20(18)26(28,29)30)25(38)33-24-17(16-5-3-2-4-6-16)9-15(13-32-24)12-31-23(37)14-36/h2-11,13,36H,12,14H2,1H3,(H,31,37)(H,32,33,38). The van der Waals surface area contributed by atoms with Crippen LogP contribution in [-0.4, -0.2) is 38.3 Å². The number of anilines is 1. The van der Waals surface area contributed by atoms with Crippen LogP contribution in [-0.2, 0) is 24.6 Å². The average Bonchev–Trinajstić information content (AvgIpc) is 3.33. The number of halogens is 4. The molecular weight excluding hydrogens is 506 g/mol. The first kappa shape index (κ1) is 26.5. The Kier molecular flexibility index (Phi) is 7.53. The summed E-state index contributed by atoms with van der Waals surface area (Å²) >= 11 is 0. The van der Waals surface area contributed by atoms with Crippen molar-refractivity contribution in [3.63, 3.8) is 0 Å². The van der Waals surface area contributed by atoms with E-state index in [0.29, 0.717) is 16.7 Å². The van der Waals surface area contributed by atoms with Gasteiger partial charge in [-0.1, -0.05) is 30.3 Å². The lowest BCUT2D eigenvalue weighted by Gasteiger charge is -2.16. The zero-order valence-electron chi connectivity index (χ0n) is 19.9. The molecule has 0 unspecified atom stereocenters. The van der Waals surface area contributed by atoms with Crippen LogP contribution in [0.15, 0.2) is 67.0 Å². The third-order valence-electron chi connectivity index (χ3n) is 5.54.